The van der Waals surface area contributed by atoms with E-state index in [1.165, 1.54) is 24.5 Å². The van der Waals surface area contributed by atoms with E-state index in [4.69, 9.17) is 0 Å². The van der Waals surface area contributed by atoms with Crippen molar-refractivity contribution in [1.29, 1.82) is 0 Å². The highest BCUT2D eigenvalue weighted by Gasteiger charge is 2.18. The van der Waals surface area contributed by atoms with E-state index in [0.717, 1.165) is 4.90 Å². The fourth-order valence-corrected chi connectivity index (χ4v) is 1.65. The van der Waals surface area contributed by atoms with Crippen LogP contribution in [0.2, 0.25) is 0 Å². The molecule has 16 heavy (non-hydrogen) atoms. The number of alkyl halides is 3. The van der Waals surface area contributed by atoms with Crippen molar-refractivity contribution in [2.24, 2.45) is 0 Å². The lowest BCUT2D eigenvalue weighted by atomic mass is 10.2. The lowest BCUT2D eigenvalue weighted by molar-refractivity contribution is 0.0572. The van der Waals surface area contributed by atoms with Crippen LogP contribution in [0, 0.1) is 0 Å². The summed E-state index contributed by atoms with van der Waals surface area (Å²) in [5.74, 6) is -0.401. The highest BCUT2D eigenvalue weighted by atomic mass is 79.9. The number of hydrogen-bond donors (Lipinski definition) is 0. The Kier molecular flexibility index (Phi) is 5.31. The number of aromatic nitrogens is 1. The van der Waals surface area contributed by atoms with Gasteiger partial charge in [0.05, 0.1) is 6.54 Å². The van der Waals surface area contributed by atoms with E-state index in [-0.39, 0.29) is 6.54 Å². The van der Waals surface area contributed by atoms with Crippen molar-refractivity contribution >= 4 is 21.8 Å². The maximum absolute atomic E-state index is 12.3. The summed E-state index contributed by atoms with van der Waals surface area (Å²) in [6, 6.07) is 3.02. The summed E-state index contributed by atoms with van der Waals surface area (Å²) in [7, 11) is 0. The molecule has 0 atom stereocenters. The van der Waals surface area contributed by atoms with Crippen LogP contribution < -0.4 is 0 Å². The van der Waals surface area contributed by atoms with Gasteiger partial charge in [-0.3, -0.25) is 9.78 Å². The first-order chi connectivity index (χ1) is 7.65. The van der Waals surface area contributed by atoms with Gasteiger partial charge in [-0.25, -0.2) is 8.78 Å². The Morgan fingerprint density at radius 1 is 1.44 bits per heavy atom. The molecule has 1 rings (SSSR count). The molecule has 1 aromatic heterocycles. The average molecular weight is 293 g/mol. The molecule has 0 aliphatic rings. The van der Waals surface area contributed by atoms with E-state index in [9.17, 15) is 13.6 Å². The Morgan fingerprint density at radius 3 is 2.56 bits per heavy atom. The molecule has 0 radical (unpaired) electrons. The summed E-state index contributed by atoms with van der Waals surface area (Å²) in [6.45, 7) is -0.293. The lowest BCUT2D eigenvalue weighted by Gasteiger charge is -2.21. The predicted molar refractivity (Wildman–Crippen MR) is 59.9 cm³/mol. The number of amides is 1. The maximum atomic E-state index is 12.3. The summed E-state index contributed by atoms with van der Waals surface area (Å²) in [4.78, 5) is 16.7. The van der Waals surface area contributed by atoms with Gasteiger partial charge in [-0.15, -0.1) is 0 Å². The van der Waals surface area contributed by atoms with Crippen molar-refractivity contribution in [1.82, 2.24) is 9.88 Å². The highest BCUT2D eigenvalue weighted by molar-refractivity contribution is 9.09. The minimum atomic E-state index is -2.52. The molecule has 1 amide bonds. The highest BCUT2D eigenvalue weighted by Crippen LogP contribution is 2.07. The van der Waals surface area contributed by atoms with Crippen molar-refractivity contribution in [3.05, 3.63) is 30.1 Å². The fourth-order valence-electron chi connectivity index (χ4n) is 1.22. The van der Waals surface area contributed by atoms with Crippen LogP contribution in [0.5, 0.6) is 0 Å². The first-order valence-corrected chi connectivity index (χ1v) is 5.80. The molecular formula is C10H11BrF2N2O. The largest absolute Gasteiger partial charge is 0.332 e. The first kappa shape index (κ1) is 13.0. The number of rotatable bonds is 5. The average Bonchev–Trinajstić information content (AvgIpc) is 2.28. The normalized spacial score (nSPS) is 10.5. The minimum absolute atomic E-state index is 0.255. The van der Waals surface area contributed by atoms with Gasteiger partial charge in [-0.1, -0.05) is 15.9 Å². The third kappa shape index (κ3) is 3.84. The van der Waals surface area contributed by atoms with E-state index < -0.39 is 18.9 Å². The Balaban J connectivity index is 2.74. The summed E-state index contributed by atoms with van der Waals surface area (Å²) >= 11 is 3.13. The molecule has 0 N–H and O–H groups in total. The van der Waals surface area contributed by atoms with Crippen molar-refractivity contribution in [2.45, 2.75) is 6.43 Å². The topological polar surface area (TPSA) is 33.2 Å². The first-order valence-electron chi connectivity index (χ1n) is 4.68. The molecule has 0 aliphatic heterocycles. The molecule has 1 heterocycles. The molecule has 1 aromatic rings. The number of nitrogens with zero attached hydrogens (tertiary/aromatic N) is 2. The summed E-state index contributed by atoms with van der Waals surface area (Å²) in [6.07, 6.45) is 0.397. The van der Waals surface area contributed by atoms with Gasteiger partial charge in [0.25, 0.3) is 12.3 Å². The van der Waals surface area contributed by atoms with Gasteiger partial charge >= 0.3 is 0 Å². The molecule has 0 unspecified atom stereocenters. The van der Waals surface area contributed by atoms with E-state index in [0.29, 0.717) is 10.9 Å². The second-order valence-corrected chi connectivity index (χ2v) is 3.86. The van der Waals surface area contributed by atoms with Crippen molar-refractivity contribution < 1.29 is 13.6 Å². The van der Waals surface area contributed by atoms with Crippen LogP contribution in [0.1, 0.15) is 10.4 Å². The second-order valence-electron chi connectivity index (χ2n) is 3.07. The zero-order valence-corrected chi connectivity index (χ0v) is 10.0. The molecule has 0 bridgehead atoms. The quantitative estimate of drug-likeness (QED) is 0.780. The molecule has 3 nitrogen and oxygen atoms in total. The predicted octanol–water partition coefficient (Wildman–Crippen LogP) is 2.18. The zero-order chi connectivity index (χ0) is 12.0. The molecule has 0 aromatic carbocycles. The van der Waals surface area contributed by atoms with Crippen LogP contribution in [0.4, 0.5) is 8.78 Å². The third-order valence-electron chi connectivity index (χ3n) is 1.93. The molecule has 0 saturated heterocycles. The summed E-state index contributed by atoms with van der Waals surface area (Å²) in [5.41, 5.74) is 0.372. The van der Waals surface area contributed by atoms with Crippen LogP contribution in [0.15, 0.2) is 24.5 Å². The molecule has 88 valence electrons. The number of pyridine rings is 1. The van der Waals surface area contributed by atoms with Crippen molar-refractivity contribution in [2.75, 3.05) is 18.4 Å². The number of carbonyl (C=O) groups is 1. The number of hydrogen-bond acceptors (Lipinski definition) is 2. The third-order valence-corrected chi connectivity index (χ3v) is 2.28. The van der Waals surface area contributed by atoms with Crippen LogP contribution in [-0.2, 0) is 0 Å². The minimum Gasteiger partial charge on any atom is -0.332 e. The van der Waals surface area contributed by atoms with E-state index in [1.807, 2.05) is 0 Å². The van der Waals surface area contributed by atoms with Gasteiger partial charge in [0.1, 0.15) is 0 Å². The molecular weight excluding hydrogens is 282 g/mol. The summed E-state index contributed by atoms with van der Waals surface area (Å²) in [5, 5.41) is 0.469. The number of carbonyl (C=O) groups excluding carboxylic acids is 1. The van der Waals surface area contributed by atoms with Gasteiger partial charge in [0.2, 0.25) is 0 Å². The van der Waals surface area contributed by atoms with Gasteiger partial charge in [0.15, 0.2) is 0 Å². The second kappa shape index (κ2) is 6.52. The summed E-state index contributed by atoms with van der Waals surface area (Å²) < 4.78 is 24.5. The van der Waals surface area contributed by atoms with Crippen LogP contribution in [-0.4, -0.2) is 40.6 Å². The standard InChI is InChI=1S/C10H11BrF2N2O/c11-3-6-15(7-9(12)13)10(16)8-1-4-14-5-2-8/h1-2,4-5,9H,3,6-7H2. The molecule has 0 aliphatic carbocycles. The van der Waals surface area contributed by atoms with Gasteiger partial charge in [-0.05, 0) is 12.1 Å². The molecule has 6 heteroatoms. The van der Waals surface area contributed by atoms with Gasteiger partial charge < -0.3 is 4.90 Å². The van der Waals surface area contributed by atoms with E-state index in [2.05, 4.69) is 20.9 Å². The Hall–Kier alpha value is -1.04. The molecule has 0 spiro atoms. The maximum Gasteiger partial charge on any atom is 0.255 e. The smallest absolute Gasteiger partial charge is 0.255 e. The van der Waals surface area contributed by atoms with Crippen molar-refractivity contribution in [3.63, 3.8) is 0 Å². The van der Waals surface area contributed by atoms with Crippen LogP contribution >= 0.6 is 15.9 Å². The SMILES string of the molecule is O=C(c1ccncc1)N(CCBr)CC(F)F. The van der Waals surface area contributed by atoms with E-state index in [1.54, 1.807) is 0 Å². The number of halogens is 3. The van der Waals surface area contributed by atoms with Gasteiger partial charge in [-0.2, -0.15) is 0 Å². The monoisotopic (exact) mass is 292 g/mol. The van der Waals surface area contributed by atoms with Crippen molar-refractivity contribution in [3.8, 4) is 0 Å². The Bertz CT molecular complexity index is 335. The van der Waals surface area contributed by atoms with E-state index >= 15 is 0 Å². The Labute approximate surface area is 101 Å². The molecule has 0 saturated carbocycles. The van der Waals surface area contributed by atoms with Gasteiger partial charge in [0, 0.05) is 29.8 Å². The Morgan fingerprint density at radius 2 is 2.06 bits per heavy atom. The zero-order valence-electron chi connectivity index (χ0n) is 8.44. The lowest BCUT2D eigenvalue weighted by Crippen LogP contribution is -2.36. The van der Waals surface area contributed by atoms with Crippen LogP contribution in [0.3, 0.4) is 0 Å². The fraction of sp³-hybridized carbons (Fsp3) is 0.400. The molecule has 0 fully saturated rings. The van der Waals surface area contributed by atoms with Crippen LogP contribution in [0.25, 0.3) is 0 Å².